The van der Waals surface area contributed by atoms with Crippen LogP contribution in [-0.4, -0.2) is 32.9 Å². The summed E-state index contributed by atoms with van der Waals surface area (Å²) in [5.41, 5.74) is 1.61. The molecule has 130 valence electrons. The SMILES string of the molecule is CC[C@H](O)CNc1ccc(-c2nc(Cc3ccc(F)cc3)no2)cn1. The van der Waals surface area contributed by atoms with Gasteiger partial charge in [0, 0.05) is 19.2 Å². The molecule has 6 nitrogen and oxygen atoms in total. The molecule has 0 saturated heterocycles. The summed E-state index contributed by atoms with van der Waals surface area (Å²) < 4.78 is 18.2. The summed E-state index contributed by atoms with van der Waals surface area (Å²) in [6.45, 7) is 2.37. The molecule has 0 unspecified atom stereocenters. The quantitative estimate of drug-likeness (QED) is 0.686. The number of anilines is 1. The Hall–Kier alpha value is -2.80. The van der Waals surface area contributed by atoms with E-state index in [9.17, 15) is 9.50 Å². The van der Waals surface area contributed by atoms with Crippen LogP contribution in [0.25, 0.3) is 11.5 Å². The lowest BCUT2D eigenvalue weighted by molar-refractivity contribution is 0.183. The molecule has 3 aromatic rings. The van der Waals surface area contributed by atoms with Gasteiger partial charge in [0.25, 0.3) is 5.89 Å². The maximum absolute atomic E-state index is 12.9. The van der Waals surface area contributed by atoms with Crippen molar-refractivity contribution in [2.75, 3.05) is 11.9 Å². The van der Waals surface area contributed by atoms with Crippen LogP contribution in [0.4, 0.5) is 10.2 Å². The monoisotopic (exact) mass is 342 g/mol. The van der Waals surface area contributed by atoms with Gasteiger partial charge in [0.05, 0.1) is 11.7 Å². The average molecular weight is 342 g/mol. The van der Waals surface area contributed by atoms with Crippen LogP contribution in [0.3, 0.4) is 0 Å². The summed E-state index contributed by atoms with van der Waals surface area (Å²) in [6.07, 6.45) is 2.39. The Bertz CT molecular complexity index is 803. The molecule has 2 aromatic heterocycles. The summed E-state index contributed by atoms with van der Waals surface area (Å²) in [4.78, 5) is 8.62. The number of aliphatic hydroxyl groups excluding tert-OH is 1. The molecule has 25 heavy (non-hydrogen) atoms. The van der Waals surface area contributed by atoms with Crippen LogP contribution in [0.15, 0.2) is 47.1 Å². The summed E-state index contributed by atoms with van der Waals surface area (Å²) >= 11 is 0. The maximum Gasteiger partial charge on any atom is 0.259 e. The molecule has 0 aliphatic heterocycles. The lowest BCUT2D eigenvalue weighted by Gasteiger charge is -2.09. The zero-order valence-corrected chi connectivity index (χ0v) is 13.8. The van der Waals surface area contributed by atoms with E-state index in [-0.39, 0.29) is 5.82 Å². The first-order valence-corrected chi connectivity index (χ1v) is 8.09. The van der Waals surface area contributed by atoms with E-state index in [1.54, 1.807) is 24.4 Å². The van der Waals surface area contributed by atoms with Gasteiger partial charge in [-0.3, -0.25) is 0 Å². The van der Waals surface area contributed by atoms with Crippen molar-refractivity contribution >= 4 is 5.82 Å². The second-order valence-electron chi connectivity index (χ2n) is 5.69. The van der Waals surface area contributed by atoms with Gasteiger partial charge in [-0.25, -0.2) is 9.37 Å². The lowest BCUT2D eigenvalue weighted by Crippen LogP contribution is -2.18. The Morgan fingerprint density at radius 3 is 2.68 bits per heavy atom. The molecule has 1 atom stereocenters. The zero-order chi connectivity index (χ0) is 17.6. The summed E-state index contributed by atoms with van der Waals surface area (Å²) in [6, 6.07) is 9.81. The summed E-state index contributed by atoms with van der Waals surface area (Å²) in [5, 5.41) is 16.6. The molecule has 0 aliphatic carbocycles. The van der Waals surface area contributed by atoms with Crippen molar-refractivity contribution in [3.63, 3.8) is 0 Å². The van der Waals surface area contributed by atoms with Crippen molar-refractivity contribution < 1.29 is 14.0 Å². The van der Waals surface area contributed by atoms with Crippen LogP contribution in [0.5, 0.6) is 0 Å². The van der Waals surface area contributed by atoms with Crippen molar-refractivity contribution in [2.45, 2.75) is 25.9 Å². The van der Waals surface area contributed by atoms with E-state index in [4.69, 9.17) is 4.52 Å². The number of hydrogen-bond acceptors (Lipinski definition) is 6. The van der Waals surface area contributed by atoms with Crippen molar-refractivity contribution in [3.05, 3.63) is 59.8 Å². The highest BCUT2D eigenvalue weighted by Crippen LogP contribution is 2.19. The predicted molar refractivity (Wildman–Crippen MR) is 91.5 cm³/mol. The third-order valence-electron chi connectivity index (χ3n) is 3.74. The number of pyridine rings is 1. The molecule has 2 N–H and O–H groups in total. The fourth-order valence-electron chi connectivity index (χ4n) is 2.22. The van der Waals surface area contributed by atoms with Crippen molar-refractivity contribution in [2.24, 2.45) is 0 Å². The topological polar surface area (TPSA) is 84.1 Å². The molecule has 2 heterocycles. The zero-order valence-electron chi connectivity index (χ0n) is 13.8. The van der Waals surface area contributed by atoms with Gasteiger partial charge in [-0.1, -0.05) is 24.2 Å². The number of rotatable bonds is 7. The number of nitrogens with zero attached hydrogens (tertiary/aromatic N) is 3. The summed E-state index contributed by atoms with van der Waals surface area (Å²) in [5.74, 6) is 1.30. The number of halogens is 1. The fraction of sp³-hybridized carbons (Fsp3) is 0.278. The Morgan fingerprint density at radius 2 is 2.00 bits per heavy atom. The minimum atomic E-state index is -0.397. The standard InChI is InChI=1S/C18H19FN4O2/c1-2-15(24)11-21-16-8-5-13(10-20-16)18-22-17(23-25-18)9-12-3-6-14(19)7-4-12/h3-8,10,15,24H,2,9,11H2,1H3,(H,20,21)/t15-/m0/s1. The minimum absolute atomic E-state index is 0.274. The molecule has 7 heteroatoms. The molecular weight excluding hydrogens is 323 g/mol. The van der Waals surface area contributed by atoms with Crippen LogP contribution < -0.4 is 5.32 Å². The van der Waals surface area contributed by atoms with E-state index in [0.29, 0.717) is 42.5 Å². The molecule has 0 saturated carbocycles. The number of benzene rings is 1. The van der Waals surface area contributed by atoms with Gasteiger partial charge >= 0.3 is 0 Å². The first-order valence-electron chi connectivity index (χ1n) is 8.09. The van der Waals surface area contributed by atoms with Gasteiger partial charge in [-0.15, -0.1) is 0 Å². The van der Waals surface area contributed by atoms with Crippen LogP contribution in [0.1, 0.15) is 24.7 Å². The summed E-state index contributed by atoms with van der Waals surface area (Å²) in [7, 11) is 0. The highest BCUT2D eigenvalue weighted by atomic mass is 19.1. The number of aromatic nitrogens is 3. The molecule has 0 bridgehead atoms. The molecule has 0 amide bonds. The Morgan fingerprint density at radius 1 is 1.20 bits per heavy atom. The highest BCUT2D eigenvalue weighted by molar-refractivity contribution is 5.54. The first kappa shape index (κ1) is 17.0. The smallest absolute Gasteiger partial charge is 0.259 e. The second-order valence-corrected chi connectivity index (χ2v) is 5.69. The van der Waals surface area contributed by atoms with Gasteiger partial charge in [0.1, 0.15) is 11.6 Å². The number of nitrogens with one attached hydrogen (secondary N) is 1. The Labute approximate surface area is 144 Å². The van der Waals surface area contributed by atoms with E-state index in [2.05, 4.69) is 20.4 Å². The Kier molecular flexibility index (Phi) is 5.35. The van der Waals surface area contributed by atoms with Crippen LogP contribution in [0.2, 0.25) is 0 Å². The molecule has 3 rings (SSSR count). The normalized spacial score (nSPS) is 12.1. The fourth-order valence-corrected chi connectivity index (χ4v) is 2.22. The molecule has 1 aromatic carbocycles. The van der Waals surface area contributed by atoms with Crippen molar-refractivity contribution in [1.29, 1.82) is 0 Å². The third kappa shape index (κ3) is 4.60. The molecule has 0 fully saturated rings. The maximum atomic E-state index is 12.9. The van der Waals surface area contributed by atoms with Crippen molar-refractivity contribution in [3.8, 4) is 11.5 Å². The van der Waals surface area contributed by atoms with Crippen LogP contribution in [0, 0.1) is 5.82 Å². The molecular formula is C18H19FN4O2. The lowest BCUT2D eigenvalue weighted by atomic mass is 10.1. The molecule has 0 aliphatic rings. The van der Waals surface area contributed by atoms with E-state index in [0.717, 1.165) is 5.56 Å². The molecule has 0 radical (unpaired) electrons. The second kappa shape index (κ2) is 7.85. The predicted octanol–water partition coefficient (Wildman–Crippen LogP) is 3.04. The van der Waals surface area contributed by atoms with Crippen LogP contribution in [-0.2, 0) is 6.42 Å². The first-order chi connectivity index (χ1) is 12.1. The molecule has 0 spiro atoms. The van der Waals surface area contributed by atoms with Gasteiger partial charge < -0.3 is 14.9 Å². The third-order valence-corrected chi connectivity index (χ3v) is 3.74. The van der Waals surface area contributed by atoms with Gasteiger partial charge in [0.15, 0.2) is 5.82 Å². The van der Waals surface area contributed by atoms with Gasteiger partial charge in [-0.05, 0) is 36.2 Å². The van der Waals surface area contributed by atoms with E-state index >= 15 is 0 Å². The minimum Gasteiger partial charge on any atom is -0.391 e. The average Bonchev–Trinajstić information content (AvgIpc) is 3.10. The number of aliphatic hydroxyl groups is 1. The van der Waals surface area contributed by atoms with E-state index < -0.39 is 6.10 Å². The Balaban J connectivity index is 1.64. The van der Waals surface area contributed by atoms with E-state index in [1.807, 2.05) is 13.0 Å². The number of hydrogen-bond donors (Lipinski definition) is 2. The van der Waals surface area contributed by atoms with Crippen LogP contribution >= 0.6 is 0 Å². The van der Waals surface area contributed by atoms with E-state index in [1.165, 1.54) is 12.1 Å². The van der Waals surface area contributed by atoms with Gasteiger partial charge in [-0.2, -0.15) is 4.98 Å². The largest absolute Gasteiger partial charge is 0.391 e. The highest BCUT2D eigenvalue weighted by Gasteiger charge is 2.10. The van der Waals surface area contributed by atoms with Gasteiger partial charge in [0.2, 0.25) is 0 Å². The van der Waals surface area contributed by atoms with Crippen molar-refractivity contribution in [1.82, 2.24) is 15.1 Å².